The van der Waals surface area contributed by atoms with Crippen molar-refractivity contribution >= 4 is 64.7 Å². The highest BCUT2D eigenvalue weighted by Crippen LogP contribution is 2.21. The van der Waals surface area contributed by atoms with Gasteiger partial charge in [-0.2, -0.15) is 0 Å². The van der Waals surface area contributed by atoms with Crippen LogP contribution in [0.1, 0.15) is 12.0 Å². The maximum atomic E-state index is 11.9. The van der Waals surface area contributed by atoms with Gasteiger partial charge in [0.25, 0.3) is 0 Å². The Bertz CT molecular complexity index is 759. The van der Waals surface area contributed by atoms with Crippen LogP contribution in [0.5, 0.6) is 0 Å². The number of carbonyl (C=O) groups is 1. The number of amides is 1. The predicted molar refractivity (Wildman–Crippen MR) is 122 cm³/mol. The lowest BCUT2D eigenvalue weighted by atomic mass is 10.1. The van der Waals surface area contributed by atoms with E-state index in [1.807, 2.05) is 12.1 Å². The number of benzene rings is 1. The van der Waals surface area contributed by atoms with Crippen molar-refractivity contribution in [2.45, 2.75) is 12.8 Å². The molecule has 27 heavy (non-hydrogen) atoms. The first-order chi connectivity index (χ1) is 12.6. The molecule has 2 aromatic rings. The van der Waals surface area contributed by atoms with E-state index in [0.717, 1.165) is 18.4 Å². The Morgan fingerprint density at radius 3 is 2.70 bits per heavy atom. The van der Waals surface area contributed by atoms with Crippen LogP contribution >= 0.6 is 47.2 Å². The fourth-order valence-electron chi connectivity index (χ4n) is 2.24. The lowest BCUT2D eigenvalue weighted by Crippen LogP contribution is -2.41. The highest BCUT2D eigenvalue weighted by Gasteiger charge is 2.05. The number of aryl methyl sites for hydroxylation is 1. The van der Waals surface area contributed by atoms with E-state index in [4.69, 9.17) is 23.2 Å². The highest BCUT2D eigenvalue weighted by atomic mass is 127. The molecule has 1 heterocycles. The molecule has 1 aromatic heterocycles. The molecule has 9 heteroatoms. The first-order valence-corrected chi connectivity index (χ1v) is 8.92. The fraction of sp³-hybridized carbons (Fsp3) is 0.278. The Morgan fingerprint density at radius 2 is 2.04 bits per heavy atom. The van der Waals surface area contributed by atoms with Gasteiger partial charge >= 0.3 is 0 Å². The second kappa shape index (κ2) is 12.7. The van der Waals surface area contributed by atoms with Gasteiger partial charge < -0.3 is 16.0 Å². The molecule has 0 unspecified atom stereocenters. The third kappa shape index (κ3) is 8.77. The lowest BCUT2D eigenvalue weighted by molar-refractivity contribution is -0.115. The minimum Gasteiger partial charge on any atom is -0.356 e. The van der Waals surface area contributed by atoms with Gasteiger partial charge in [0.05, 0.1) is 18.4 Å². The number of aromatic nitrogens is 1. The van der Waals surface area contributed by atoms with E-state index in [1.54, 1.807) is 37.6 Å². The maximum Gasteiger partial charge on any atom is 0.243 e. The second-order valence-electron chi connectivity index (χ2n) is 5.48. The molecule has 1 amide bonds. The molecule has 0 spiro atoms. The van der Waals surface area contributed by atoms with Crippen molar-refractivity contribution in [1.82, 2.24) is 15.6 Å². The van der Waals surface area contributed by atoms with Crippen molar-refractivity contribution in [2.75, 3.05) is 25.5 Å². The van der Waals surface area contributed by atoms with Crippen molar-refractivity contribution in [2.24, 2.45) is 4.99 Å². The molecule has 0 radical (unpaired) electrons. The molecular weight excluding hydrogens is 500 g/mol. The standard InChI is InChI=1S/C18H21Cl2N5O.HI/c1-21-18(24-12-17(26)25-15-5-3-8-22-11-15)23-9-2-4-13-6-7-14(19)10-16(13)20;/h3,5-8,10-11H,2,4,9,12H2,1H3,(H,25,26)(H2,21,23,24);1H. The van der Waals surface area contributed by atoms with Crippen molar-refractivity contribution in [3.63, 3.8) is 0 Å². The molecule has 1 aromatic carbocycles. The summed E-state index contributed by atoms with van der Waals surface area (Å²) in [7, 11) is 1.66. The summed E-state index contributed by atoms with van der Waals surface area (Å²) in [6.07, 6.45) is 4.93. The minimum absolute atomic E-state index is 0. The maximum absolute atomic E-state index is 11.9. The van der Waals surface area contributed by atoms with Crippen LogP contribution in [0.2, 0.25) is 10.0 Å². The molecule has 0 aliphatic heterocycles. The number of hydrogen-bond acceptors (Lipinski definition) is 3. The van der Waals surface area contributed by atoms with Crippen LogP contribution in [-0.4, -0.2) is 37.0 Å². The Kier molecular flexibility index (Phi) is 11.1. The number of aliphatic imine (C=N–C) groups is 1. The van der Waals surface area contributed by atoms with Crippen molar-refractivity contribution in [3.05, 3.63) is 58.3 Å². The van der Waals surface area contributed by atoms with E-state index < -0.39 is 0 Å². The number of pyridine rings is 1. The Morgan fingerprint density at radius 1 is 1.22 bits per heavy atom. The monoisotopic (exact) mass is 521 g/mol. The van der Waals surface area contributed by atoms with Gasteiger partial charge in [-0.25, -0.2) is 0 Å². The summed E-state index contributed by atoms with van der Waals surface area (Å²) in [5.74, 6) is 0.391. The van der Waals surface area contributed by atoms with E-state index >= 15 is 0 Å². The molecule has 0 saturated heterocycles. The van der Waals surface area contributed by atoms with E-state index in [2.05, 4.69) is 25.9 Å². The van der Waals surface area contributed by atoms with Gasteiger partial charge in [0.15, 0.2) is 5.96 Å². The molecule has 0 bridgehead atoms. The van der Waals surface area contributed by atoms with E-state index in [-0.39, 0.29) is 36.4 Å². The fourth-order valence-corrected chi connectivity index (χ4v) is 2.74. The molecule has 0 fully saturated rings. The number of hydrogen-bond donors (Lipinski definition) is 3. The van der Waals surface area contributed by atoms with Crippen molar-refractivity contribution < 1.29 is 4.79 Å². The molecule has 0 saturated carbocycles. The molecule has 3 N–H and O–H groups in total. The molecular formula is C18H22Cl2IN5O. The summed E-state index contributed by atoms with van der Waals surface area (Å²) in [5, 5.41) is 10.2. The van der Waals surface area contributed by atoms with Gasteiger partial charge in [0.2, 0.25) is 5.91 Å². The number of anilines is 1. The smallest absolute Gasteiger partial charge is 0.243 e. The van der Waals surface area contributed by atoms with Crippen LogP contribution in [0.4, 0.5) is 5.69 Å². The minimum atomic E-state index is -0.172. The first kappa shape index (κ1) is 23.5. The molecule has 2 rings (SSSR count). The Labute approximate surface area is 186 Å². The Balaban J connectivity index is 0.00000364. The normalized spacial score (nSPS) is 10.7. The largest absolute Gasteiger partial charge is 0.356 e. The van der Waals surface area contributed by atoms with Gasteiger partial charge in [-0.15, -0.1) is 24.0 Å². The zero-order valence-corrected chi connectivity index (χ0v) is 18.7. The topological polar surface area (TPSA) is 78.4 Å². The predicted octanol–water partition coefficient (Wildman–Crippen LogP) is 3.74. The summed E-state index contributed by atoms with van der Waals surface area (Å²) in [4.78, 5) is 19.9. The summed E-state index contributed by atoms with van der Waals surface area (Å²) in [6.45, 7) is 0.806. The van der Waals surface area contributed by atoms with Crippen LogP contribution in [0.3, 0.4) is 0 Å². The van der Waals surface area contributed by atoms with Crippen LogP contribution in [0.25, 0.3) is 0 Å². The van der Waals surface area contributed by atoms with Crippen LogP contribution in [-0.2, 0) is 11.2 Å². The van der Waals surface area contributed by atoms with Gasteiger partial charge in [-0.1, -0.05) is 29.3 Å². The van der Waals surface area contributed by atoms with Crippen LogP contribution in [0.15, 0.2) is 47.7 Å². The van der Waals surface area contributed by atoms with Gasteiger partial charge in [0.1, 0.15) is 0 Å². The van der Waals surface area contributed by atoms with Crippen molar-refractivity contribution in [1.29, 1.82) is 0 Å². The van der Waals surface area contributed by atoms with Gasteiger partial charge in [0, 0.05) is 29.8 Å². The Hall–Kier alpha value is -1.58. The number of rotatable bonds is 7. The quantitative estimate of drug-likeness (QED) is 0.224. The van der Waals surface area contributed by atoms with Gasteiger partial charge in [-0.05, 0) is 42.7 Å². The first-order valence-electron chi connectivity index (χ1n) is 8.17. The number of guanidine groups is 1. The van der Waals surface area contributed by atoms with Crippen molar-refractivity contribution in [3.8, 4) is 0 Å². The van der Waals surface area contributed by atoms with Crippen LogP contribution in [0, 0.1) is 0 Å². The number of halogens is 3. The van der Waals surface area contributed by atoms with E-state index in [1.165, 1.54) is 0 Å². The third-order valence-corrected chi connectivity index (χ3v) is 4.10. The summed E-state index contributed by atoms with van der Waals surface area (Å²) >= 11 is 12.1. The molecule has 0 aliphatic rings. The van der Waals surface area contributed by atoms with E-state index in [0.29, 0.717) is 28.2 Å². The van der Waals surface area contributed by atoms with Gasteiger partial charge in [-0.3, -0.25) is 14.8 Å². The summed E-state index contributed by atoms with van der Waals surface area (Å²) < 4.78 is 0. The SMILES string of the molecule is CN=C(NCCCc1ccc(Cl)cc1Cl)NCC(=O)Nc1cccnc1.I. The number of nitrogens with zero attached hydrogens (tertiary/aromatic N) is 2. The average molecular weight is 522 g/mol. The molecule has 146 valence electrons. The third-order valence-electron chi connectivity index (χ3n) is 3.52. The summed E-state index contributed by atoms with van der Waals surface area (Å²) in [6, 6.07) is 9.04. The molecule has 0 aliphatic carbocycles. The zero-order chi connectivity index (χ0) is 18.8. The van der Waals surface area contributed by atoms with E-state index in [9.17, 15) is 4.79 Å². The molecule has 0 atom stereocenters. The highest BCUT2D eigenvalue weighted by molar-refractivity contribution is 14.0. The lowest BCUT2D eigenvalue weighted by Gasteiger charge is -2.12. The van der Waals surface area contributed by atoms with Crippen LogP contribution < -0.4 is 16.0 Å². The number of carbonyl (C=O) groups excluding carboxylic acids is 1. The molecule has 6 nitrogen and oxygen atoms in total. The number of nitrogens with one attached hydrogen (secondary N) is 3. The second-order valence-corrected chi connectivity index (χ2v) is 6.33. The zero-order valence-electron chi connectivity index (χ0n) is 14.8. The summed E-state index contributed by atoms with van der Waals surface area (Å²) in [5.41, 5.74) is 1.71. The average Bonchev–Trinajstić information content (AvgIpc) is 2.63.